The van der Waals surface area contributed by atoms with Crippen molar-refractivity contribution >= 4 is 11.8 Å². The molecule has 0 spiro atoms. The number of rotatable bonds is 3. The summed E-state index contributed by atoms with van der Waals surface area (Å²) in [6.45, 7) is 0.148. The van der Waals surface area contributed by atoms with Crippen LogP contribution in [0.3, 0.4) is 0 Å². The molecule has 1 fully saturated rings. The highest BCUT2D eigenvalue weighted by Crippen LogP contribution is 2.30. The number of carbonyl (C=O) groups excluding carboxylic acids is 2. The van der Waals surface area contributed by atoms with Crippen LogP contribution in [0.15, 0.2) is 12.2 Å². The number of imide groups is 1. The summed E-state index contributed by atoms with van der Waals surface area (Å²) in [5.41, 5.74) is 0. The molecule has 1 atom stereocenters. The van der Waals surface area contributed by atoms with Crippen molar-refractivity contribution in [2.24, 2.45) is 5.92 Å². The number of aliphatic hydroxyl groups is 1. The topological polar surface area (TPSA) is 57.6 Å². The normalized spacial score (nSPS) is 24.2. The van der Waals surface area contributed by atoms with Crippen LogP contribution in [0.4, 0.5) is 0 Å². The molecule has 1 heterocycles. The lowest BCUT2D eigenvalue weighted by Gasteiger charge is -2.32. The Kier molecular flexibility index (Phi) is 2.37. The molecule has 14 heavy (non-hydrogen) atoms. The molecule has 0 radical (unpaired) electrons. The van der Waals surface area contributed by atoms with E-state index in [1.807, 2.05) is 0 Å². The summed E-state index contributed by atoms with van der Waals surface area (Å²) >= 11 is 0. The predicted octanol–water partition coefficient (Wildman–Crippen LogP) is 0.0724. The van der Waals surface area contributed by atoms with Crippen molar-refractivity contribution in [1.82, 2.24) is 4.90 Å². The number of carbonyl (C=O) groups is 2. The number of hydrogen-bond donors (Lipinski definition) is 1. The summed E-state index contributed by atoms with van der Waals surface area (Å²) in [5, 5.41) is 9.69. The van der Waals surface area contributed by atoms with E-state index in [9.17, 15) is 14.7 Å². The van der Waals surface area contributed by atoms with Crippen molar-refractivity contribution in [3.05, 3.63) is 12.2 Å². The Bertz CT molecular complexity index is 276. The molecule has 1 N–H and O–H groups in total. The minimum absolute atomic E-state index is 0.148. The summed E-state index contributed by atoms with van der Waals surface area (Å²) in [6.07, 6.45) is 5.10. The summed E-state index contributed by atoms with van der Waals surface area (Å²) in [6, 6.07) is 0. The number of nitrogens with zero attached hydrogens (tertiary/aromatic N) is 1. The third-order valence-corrected chi connectivity index (χ3v) is 2.96. The number of hydrogen-bond acceptors (Lipinski definition) is 3. The van der Waals surface area contributed by atoms with Crippen molar-refractivity contribution in [2.45, 2.75) is 25.4 Å². The van der Waals surface area contributed by atoms with Gasteiger partial charge in [-0.05, 0) is 18.8 Å². The predicted molar refractivity (Wildman–Crippen MR) is 49.2 cm³/mol. The van der Waals surface area contributed by atoms with Crippen LogP contribution in [0, 0.1) is 5.92 Å². The maximum Gasteiger partial charge on any atom is 0.253 e. The third-order valence-electron chi connectivity index (χ3n) is 2.96. The fraction of sp³-hybridized carbons (Fsp3) is 0.600. The minimum Gasteiger partial charge on any atom is -0.391 e. The van der Waals surface area contributed by atoms with E-state index in [0.717, 1.165) is 24.2 Å². The molecule has 1 aliphatic carbocycles. The molecule has 0 aromatic carbocycles. The van der Waals surface area contributed by atoms with Gasteiger partial charge in [0.15, 0.2) is 0 Å². The van der Waals surface area contributed by atoms with Gasteiger partial charge in [-0.25, -0.2) is 0 Å². The first-order valence-electron chi connectivity index (χ1n) is 4.90. The first-order chi connectivity index (χ1) is 6.68. The van der Waals surface area contributed by atoms with Gasteiger partial charge in [0.2, 0.25) is 0 Å². The van der Waals surface area contributed by atoms with Crippen LogP contribution in [0.1, 0.15) is 19.3 Å². The maximum atomic E-state index is 11.2. The second kappa shape index (κ2) is 3.53. The minimum atomic E-state index is -0.545. The van der Waals surface area contributed by atoms with Gasteiger partial charge in [0.05, 0.1) is 12.6 Å². The lowest BCUT2D eigenvalue weighted by Crippen LogP contribution is -2.41. The van der Waals surface area contributed by atoms with E-state index >= 15 is 0 Å². The van der Waals surface area contributed by atoms with E-state index in [1.165, 1.54) is 12.2 Å². The average molecular weight is 195 g/mol. The highest BCUT2D eigenvalue weighted by Gasteiger charge is 2.31. The maximum absolute atomic E-state index is 11.2. The van der Waals surface area contributed by atoms with Gasteiger partial charge in [-0.15, -0.1) is 0 Å². The fourth-order valence-electron chi connectivity index (χ4n) is 1.77. The Labute approximate surface area is 82.2 Å². The van der Waals surface area contributed by atoms with Crippen LogP contribution in [0.25, 0.3) is 0 Å². The Balaban J connectivity index is 1.90. The van der Waals surface area contributed by atoms with E-state index in [2.05, 4.69) is 0 Å². The first-order valence-corrected chi connectivity index (χ1v) is 4.90. The van der Waals surface area contributed by atoms with Crippen LogP contribution in [0.2, 0.25) is 0 Å². The number of aliphatic hydroxyl groups excluding tert-OH is 1. The Hall–Kier alpha value is -1.16. The SMILES string of the molecule is O=C1C=CC(=O)N1CC(O)C1CCC1. The van der Waals surface area contributed by atoms with Gasteiger partial charge in [0.1, 0.15) is 0 Å². The molecule has 1 saturated carbocycles. The van der Waals surface area contributed by atoms with Gasteiger partial charge in [-0.2, -0.15) is 0 Å². The zero-order valence-electron chi connectivity index (χ0n) is 7.85. The van der Waals surface area contributed by atoms with Crippen molar-refractivity contribution in [2.75, 3.05) is 6.54 Å². The molecule has 2 amide bonds. The highest BCUT2D eigenvalue weighted by atomic mass is 16.3. The summed E-state index contributed by atoms with van der Waals surface area (Å²) < 4.78 is 0. The molecule has 2 rings (SSSR count). The standard InChI is InChI=1S/C10H13NO3/c12-8(7-2-1-3-7)6-11-9(13)4-5-10(11)14/h4-5,7-8,12H,1-3,6H2. The smallest absolute Gasteiger partial charge is 0.253 e. The summed E-state index contributed by atoms with van der Waals surface area (Å²) in [7, 11) is 0. The van der Waals surface area contributed by atoms with E-state index < -0.39 is 6.10 Å². The van der Waals surface area contributed by atoms with Gasteiger partial charge in [-0.1, -0.05) is 6.42 Å². The largest absolute Gasteiger partial charge is 0.391 e. The molecule has 2 aliphatic rings. The number of β-amino-alcohol motifs (C(OH)–C–C–N with tert-alkyl or cyclic N) is 1. The van der Waals surface area contributed by atoms with Crippen LogP contribution in [0.5, 0.6) is 0 Å². The third kappa shape index (κ3) is 1.57. The summed E-state index contributed by atoms with van der Waals surface area (Å²) in [5.74, 6) is -0.349. The molecule has 0 saturated heterocycles. The lowest BCUT2D eigenvalue weighted by molar-refractivity contribution is -0.139. The van der Waals surface area contributed by atoms with Crippen molar-refractivity contribution in [1.29, 1.82) is 0 Å². The fourth-order valence-corrected chi connectivity index (χ4v) is 1.77. The molecule has 0 aromatic rings. The number of amides is 2. The van der Waals surface area contributed by atoms with Crippen molar-refractivity contribution in [3.8, 4) is 0 Å². The van der Waals surface area contributed by atoms with Gasteiger partial charge >= 0.3 is 0 Å². The van der Waals surface area contributed by atoms with E-state index in [4.69, 9.17) is 0 Å². The second-order valence-electron chi connectivity index (χ2n) is 3.88. The summed E-state index contributed by atoms with van der Waals surface area (Å²) in [4.78, 5) is 23.4. The second-order valence-corrected chi connectivity index (χ2v) is 3.88. The monoisotopic (exact) mass is 195 g/mol. The van der Waals surface area contributed by atoms with Gasteiger partial charge in [-0.3, -0.25) is 14.5 Å². The van der Waals surface area contributed by atoms with Crippen LogP contribution < -0.4 is 0 Å². The zero-order valence-corrected chi connectivity index (χ0v) is 7.85. The molecule has 0 aromatic heterocycles. The van der Waals surface area contributed by atoms with Gasteiger partial charge < -0.3 is 5.11 Å². The average Bonchev–Trinajstić information content (AvgIpc) is 2.32. The molecule has 0 bridgehead atoms. The molecule has 4 heteroatoms. The van der Waals surface area contributed by atoms with Crippen LogP contribution >= 0.6 is 0 Å². The van der Waals surface area contributed by atoms with Gasteiger partial charge in [0, 0.05) is 12.2 Å². The zero-order chi connectivity index (χ0) is 10.1. The van der Waals surface area contributed by atoms with E-state index in [1.54, 1.807) is 0 Å². The molecular weight excluding hydrogens is 182 g/mol. The first kappa shape index (κ1) is 9.40. The van der Waals surface area contributed by atoms with E-state index in [0.29, 0.717) is 0 Å². The highest BCUT2D eigenvalue weighted by molar-refractivity contribution is 6.12. The Morgan fingerprint density at radius 2 is 1.93 bits per heavy atom. The van der Waals surface area contributed by atoms with Crippen molar-refractivity contribution in [3.63, 3.8) is 0 Å². The van der Waals surface area contributed by atoms with Crippen molar-refractivity contribution < 1.29 is 14.7 Å². The molecule has 76 valence electrons. The lowest BCUT2D eigenvalue weighted by atomic mass is 9.81. The molecule has 4 nitrogen and oxygen atoms in total. The van der Waals surface area contributed by atoms with E-state index in [-0.39, 0.29) is 24.3 Å². The van der Waals surface area contributed by atoms with Crippen LogP contribution in [-0.4, -0.2) is 34.5 Å². The molecule has 1 aliphatic heterocycles. The Morgan fingerprint density at radius 1 is 1.36 bits per heavy atom. The molecule has 1 unspecified atom stereocenters. The Morgan fingerprint density at radius 3 is 2.36 bits per heavy atom. The molecular formula is C10H13NO3. The van der Waals surface area contributed by atoms with Gasteiger partial charge in [0.25, 0.3) is 11.8 Å². The quantitative estimate of drug-likeness (QED) is 0.648. The van der Waals surface area contributed by atoms with Crippen LogP contribution in [-0.2, 0) is 9.59 Å².